The molecular formula is C17H36N2O. The van der Waals surface area contributed by atoms with Gasteiger partial charge >= 0.3 is 0 Å². The third kappa shape index (κ3) is 6.25. The number of nitrogens with two attached hydrogens (primary N) is 1. The third-order valence-corrected chi connectivity index (χ3v) is 4.63. The Morgan fingerprint density at radius 1 is 0.950 bits per heavy atom. The number of nitrogens with zero attached hydrogens (tertiary/aromatic N) is 1. The lowest BCUT2D eigenvalue weighted by atomic mass is 9.90. The van der Waals surface area contributed by atoms with Gasteiger partial charge in [-0.15, -0.1) is 0 Å². The first-order valence-corrected chi connectivity index (χ1v) is 7.78. The topological polar surface area (TPSA) is 46.3 Å². The van der Waals surface area contributed by atoms with Crippen LogP contribution in [0.5, 0.6) is 0 Å². The van der Waals surface area contributed by atoms with Gasteiger partial charge in [-0.2, -0.15) is 0 Å². The Hall–Kier alpha value is -0.570. The van der Waals surface area contributed by atoms with Crippen LogP contribution < -0.4 is 5.73 Å². The minimum Gasteiger partial charge on any atom is -0.370 e. The Kier molecular flexibility index (Phi) is 9.91. The monoisotopic (exact) mass is 284 g/mol. The highest BCUT2D eigenvalue weighted by molar-refractivity contribution is 5.74. The van der Waals surface area contributed by atoms with Crippen molar-refractivity contribution < 1.29 is 4.79 Å². The van der Waals surface area contributed by atoms with Crippen LogP contribution in [0.15, 0.2) is 0 Å². The van der Waals surface area contributed by atoms with E-state index in [0.29, 0.717) is 12.3 Å². The smallest absolute Gasteiger partial charge is 0.217 e. The number of hydrogen-bond donors (Lipinski definition) is 1. The van der Waals surface area contributed by atoms with E-state index in [0.717, 1.165) is 12.6 Å². The van der Waals surface area contributed by atoms with E-state index < -0.39 is 0 Å². The van der Waals surface area contributed by atoms with Gasteiger partial charge in [-0.3, -0.25) is 4.79 Å². The van der Waals surface area contributed by atoms with Crippen LogP contribution >= 0.6 is 0 Å². The molecule has 1 atom stereocenters. The summed E-state index contributed by atoms with van der Waals surface area (Å²) in [7, 11) is 0. The lowest BCUT2D eigenvalue weighted by Gasteiger charge is -2.39. The molecule has 0 aromatic carbocycles. The van der Waals surface area contributed by atoms with Gasteiger partial charge in [0.15, 0.2) is 0 Å². The molecule has 1 unspecified atom stereocenters. The van der Waals surface area contributed by atoms with Gasteiger partial charge in [0.1, 0.15) is 0 Å². The highest BCUT2D eigenvalue weighted by Gasteiger charge is 2.26. The molecule has 3 heteroatoms. The predicted molar refractivity (Wildman–Crippen MR) is 87.7 cm³/mol. The van der Waals surface area contributed by atoms with Crippen LogP contribution in [-0.2, 0) is 4.79 Å². The molecule has 2 aliphatic rings. The summed E-state index contributed by atoms with van der Waals surface area (Å²) in [6.07, 6.45) is 12.8. The Labute approximate surface area is 126 Å². The normalized spacial score (nSPS) is 25.7. The van der Waals surface area contributed by atoms with Gasteiger partial charge in [-0.05, 0) is 38.1 Å². The second-order valence-electron chi connectivity index (χ2n) is 6.17. The highest BCUT2D eigenvalue weighted by atomic mass is 16.1. The summed E-state index contributed by atoms with van der Waals surface area (Å²) in [6, 6.07) is 0.779. The Balaban J connectivity index is 0.00000180. The fourth-order valence-corrected chi connectivity index (χ4v) is 3.68. The van der Waals surface area contributed by atoms with E-state index in [-0.39, 0.29) is 20.8 Å². The average molecular weight is 284 g/mol. The maximum atomic E-state index is 11.1. The van der Waals surface area contributed by atoms with Crippen LogP contribution in [0.2, 0.25) is 0 Å². The van der Waals surface area contributed by atoms with Crippen LogP contribution in [0.25, 0.3) is 0 Å². The fraction of sp³-hybridized carbons (Fsp3) is 0.941. The molecule has 2 N–H and O–H groups in total. The first-order valence-electron chi connectivity index (χ1n) is 7.78. The second-order valence-corrected chi connectivity index (χ2v) is 6.17. The molecule has 120 valence electrons. The Bertz CT molecular complexity index is 260. The minimum atomic E-state index is -0.125. The molecular weight excluding hydrogens is 248 g/mol. The van der Waals surface area contributed by atoms with Gasteiger partial charge in [0.25, 0.3) is 0 Å². The van der Waals surface area contributed by atoms with Gasteiger partial charge in [0.2, 0.25) is 5.91 Å². The molecule has 0 radical (unpaired) electrons. The molecule has 3 nitrogen and oxygen atoms in total. The summed E-state index contributed by atoms with van der Waals surface area (Å²) in [5.74, 6) is 0.390. The summed E-state index contributed by atoms with van der Waals surface area (Å²) in [6.45, 7) is 2.34. The van der Waals surface area contributed by atoms with E-state index in [1.165, 1.54) is 64.3 Å². The van der Waals surface area contributed by atoms with Crippen LogP contribution in [0, 0.1) is 5.92 Å². The molecule has 1 saturated carbocycles. The van der Waals surface area contributed by atoms with Gasteiger partial charge < -0.3 is 10.6 Å². The first kappa shape index (κ1) is 19.4. The largest absolute Gasteiger partial charge is 0.370 e. The standard InChI is InChI=1S/C15H28N2O.2CH4/c16-15(18)11-13-7-6-10-17(12-13)14-8-4-2-1-3-5-9-14;;/h13-14H,1-12H2,(H2,16,18);2*1H4. The summed E-state index contributed by atoms with van der Waals surface area (Å²) < 4.78 is 0. The molecule has 2 fully saturated rings. The number of amides is 1. The zero-order valence-electron chi connectivity index (χ0n) is 11.6. The zero-order valence-corrected chi connectivity index (χ0v) is 11.6. The molecule has 0 bridgehead atoms. The summed E-state index contributed by atoms with van der Waals surface area (Å²) in [5.41, 5.74) is 5.34. The van der Waals surface area contributed by atoms with Crippen molar-refractivity contribution in [2.24, 2.45) is 11.7 Å². The number of rotatable bonds is 3. The van der Waals surface area contributed by atoms with E-state index in [1.807, 2.05) is 0 Å². The SMILES string of the molecule is C.C.NC(=O)CC1CCCN(C2CCCCCCC2)C1. The molecule has 2 rings (SSSR count). The quantitative estimate of drug-likeness (QED) is 0.852. The number of likely N-dealkylation sites (tertiary alicyclic amines) is 1. The minimum absolute atomic E-state index is 0. The predicted octanol–water partition coefficient (Wildman–Crippen LogP) is 3.96. The van der Waals surface area contributed by atoms with E-state index in [9.17, 15) is 4.79 Å². The number of carbonyl (C=O) groups excluding carboxylic acids is 1. The molecule has 1 aliphatic heterocycles. The summed E-state index contributed by atoms with van der Waals surface area (Å²) >= 11 is 0. The van der Waals surface area contributed by atoms with Crippen LogP contribution in [0.4, 0.5) is 0 Å². The Morgan fingerprint density at radius 3 is 2.15 bits per heavy atom. The second kappa shape index (κ2) is 10.2. The number of primary amides is 1. The van der Waals surface area contributed by atoms with Crippen molar-refractivity contribution in [3.05, 3.63) is 0 Å². The number of hydrogen-bond acceptors (Lipinski definition) is 2. The number of piperidine rings is 1. The number of carbonyl (C=O) groups is 1. The van der Waals surface area contributed by atoms with Crippen LogP contribution in [0.3, 0.4) is 0 Å². The molecule has 1 aliphatic carbocycles. The van der Waals surface area contributed by atoms with Gasteiger partial charge in [-0.25, -0.2) is 0 Å². The lowest BCUT2D eigenvalue weighted by Crippen LogP contribution is -2.43. The highest BCUT2D eigenvalue weighted by Crippen LogP contribution is 2.27. The average Bonchev–Trinajstić information content (AvgIpc) is 2.27. The van der Waals surface area contributed by atoms with Gasteiger partial charge in [0, 0.05) is 19.0 Å². The maximum absolute atomic E-state index is 11.1. The fourth-order valence-electron chi connectivity index (χ4n) is 3.68. The molecule has 0 spiro atoms. The Morgan fingerprint density at radius 2 is 1.55 bits per heavy atom. The van der Waals surface area contributed by atoms with Gasteiger partial charge in [0.05, 0.1) is 0 Å². The lowest BCUT2D eigenvalue weighted by molar-refractivity contribution is -0.119. The summed E-state index contributed by atoms with van der Waals surface area (Å²) in [4.78, 5) is 13.7. The molecule has 0 aromatic heterocycles. The first-order chi connectivity index (χ1) is 8.75. The maximum Gasteiger partial charge on any atom is 0.217 e. The van der Waals surface area contributed by atoms with E-state index in [2.05, 4.69) is 4.90 Å². The van der Waals surface area contributed by atoms with Crippen molar-refractivity contribution in [3.63, 3.8) is 0 Å². The van der Waals surface area contributed by atoms with E-state index in [1.54, 1.807) is 0 Å². The van der Waals surface area contributed by atoms with Gasteiger partial charge in [-0.1, -0.05) is 47.0 Å². The van der Waals surface area contributed by atoms with Crippen molar-refractivity contribution in [1.29, 1.82) is 0 Å². The summed E-state index contributed by atoms with van der Waals surface area (Å²) in [5, 5.41) is 0. The third-order valence-electron chi connectivity index (χ3n) is 4.63. The van der Waals surface area contributed by atoms with E-state index in [4.69, 9.17) is 5.73 Å². The zero-order chi connectivity index (χ0) is 12.8. The molecule has 1 saturated heterocycles. The van der Waals surface area contributed by atoms with Crippen molar-refractivity contribution in [2.45, 2.75) is 85.1 Å². The molecule has 1 heterocycles. The molecule has 20 heavy (non-hydrogen) atoms. The molecule has 1 amide bonds. The van der Waals surface area contributed by atoms with E-state index >= 15 is 0 Å². The van der Waals surface area contributed by atoms with Crippen LogP contribution in [-0.4, -0.2) is 29.9 Å². The van der Waals surface area contributed by atoms with Crippen molar-refractivity contribution in [3.8, 4) is 0 Å². The van der Waals surface area contributed by atoms with Crippen molar-refractivity contribution in [2.75, 3.05) is 13.1 Å². The van der Waals surface area contributed by atoms with Crippen LogP contribution in [0.1, 0.15) is 79.1 Å². The van der Waals surface area contributed by atoms with Crippen molar-refractivity contribution >= 4 is 5.91 Å². The molecule has 0 aromatic rings. The van der Waals surface area contributed by atoms with Crippen molar-refractivity contribution in [1.82, 2.24) is 4.90 Å².